The highest BCUT2D eigenvalue weighted by atomic mass is 32.2. The van der Waals surface area contributed by atoms with Crippen LogP contribution in [0.25, 0.3) is 0 Å². The fraction of sp³-hybridized carbons (Fsp3) is 0.500. The molecule has 0 saturated carbocycles. The van der Waals surface area contributed by atoms with E-state index in [1.54, 1.807) is 6.92 Å². The Balaban J connectivity index is 2.20. The number of rotatable bonds is 8. The van der Waals surface area contributed by atoms with Crippen LogP contribution < -0.4 is 11.1 Å². The molecule has 0 bridgehead atoms. The zero-order valence-electron chi connectivity index (χ0n) is 17.2. The van der Waals surface area contributed by atoms with Crippen LogP contribution in [-0.2, 0) is 9.53 Å². The van der Waals surface area contributed by atoms with Crippen LogP contribution in [0, 0.1) is 6.92 Å². The second-order valence-corrected chi connectivity index (χ2v) is 8.88. The molecule has 0 aliphatic carbocycles. The lowest BCUT2D eigenvalue weighted by Gasteiger charge is -2.15. The Morgan fingerprint density at radius 1 is 1.24 bits per heavy atom. The van der Waals surface area contributed by atoms with Crippen molar-refractivity contribution >= 4 is 45.9 Å². The molecule has 0 aliphatic heterocycles. The monoisotopic (exact) mass is 439 g/mol. The van der Waals surface area contributed by atoms with Gasteiger partial charge < -0.3 is 20.4 Å². The van der Waals surface area contributed by atoms with Crippen LogP contribution in [0.15, 0.2) is 5.16 Å². The maximum atomic E-state index is 12.5. The molecular weight excluding hydrogens is 414 g/mol. The maximum absolute atomic E-state index is 12.5. The van der Waals surface area contributed by atoms with Crippen LogP contribution in [0.3, 0.4) is 0 Å². The van der Waals surface area contributed by atoms with E-state index in [1.807, 2.05) is 32.3 Å². The highest BCUT2D eigenvalue weighted by Gasteiger charge is 2.25. The molecule has 9 nitrogen and oxygen atoms in total. The molecule has 0 saturated heterocycles. The van der Waals surface area contributed by atoms with E-state index in [1.165, 1.54) is 18.9 Å². The molecule has 0 unspecified atom stereocenters. The number of nitrogens with two attached hydrogens (primary N) is 1. The van der Waals surface area contributed by atoms with Crippen molar-refractivity contribution in [3.8, 4) is 0 Å². The second-order valence-electron chi connectivity index (χ2n) is 6.91. The molecule has 2 aromatic heterocycles. The lowest BCUT2D eigenvalue weighted by molar-refractivity contribution is -0.113. The lowest BCUT2D eigenvalue weighted by Crippen LogP contribution is -2.17. The molecule has 0 fully saturated rings. The first-order valence-electron chi connectivity index (χ1n) is 8.97. The van der Waals surface area contributed by atoms with Crippen molar-refractivity contribution in [2.75, 3.05) is 18.2 Å². The summed E-state index contributed by atoms with van der Waals surface area (Å²) in [5.41, 5.74) is 5.88. The maximum Gasteiger partial charge on any atom is 0.341 e. The third-order valence-corrected chi connectivity index (χ3v) is 6.23. The Morgan fingerprint density at radius 3 is 2.41 bits per heavy atom. The second kappa shape index (κ2) is 9.40. The molecule has 0 aliphatic rings. The number of thioether (sulfide) groups is 1. The summed E-state index contributed by atoms with van der Waals surface area (Å²) in [5, 5.41) is 12.0. The summed E-state index contributed by atoms with van der Waals surface area (Å²) in [6, 6.07) is 0.150. The predicted molar refractivity (Wildman–Crippen MR) is 113 cm³/mol. The van der Waals surface area contributed by atoms with Gasteiger partial charge in [-0.15, -0.1) is 21.5 Å². The molecule has 2 rings (SSSR count). The molecule has 2 aromatic rings. The smallest absolute Gasteiger partial charge is 0.341 e. The van der Waals surface area contributed by atoms with E-state index in [0.717, 1.165) is 17.2 Å². The number of nitrogens with one attached hydrogen (secondary N) is 1. The van der Waals surface area contributed by atoms with Crippen LogP contribution in [0.1, 0.15) is 71.1 Å². The number of anilines is 1. The van der Waals surface area contributed by atoms with Gasteiger partial charge in [0.2, 0.25) is 5.91 Å². The summed E-state index contributed by atoms with van der Waals surface area (Å²) < 4.78 is 6.77. The first-order chi connectivity index (χ1) is 13.6. The average Bonchev–Trinajstić information content (AvgIpc) is 3.21. The Morgan fingerprint density at radius 2 is 1.90 bits per heavy atom. The quantitative estimate of drug-likeness (QED) is 0.478. The minimum atomic E-state index is -0.668. The topological polar surface area (TPSA) is 129 Å². The number of esters is 1. The predicted octanol–water partition coefficient (Wildman–Crippen LogP) is 2.97. The largest absolute Gasteiger partial charge is 0.465 e. The Labute approximate surface area is 177 Å². The summed E-state index contributed by atoms with van der Waals surface area (Å²) in [5.74, 6) is -0.532. The van der Waals surface area contributed by atoms with E-state index >= 15 is 0 Å². The number of hydrogen-bond acceptors (Lipinski definition) is 8. The van der Waals surface area contributed by atoms with Crippen molar-refractivity contribution in [2.24, 2.45) is 5.73 Å². The zero-order chi connectivity index (χ0) is 21.9. The van der Waals surface area contributed by atoms with Crippen molar-refractivity contribution in [3.63, 3.8) is 0 Å². The molecule has 0 spiro atoms. The van der Waals surface area contributed by atoms with E-state index < -0.39 is 11.9 Å². The van der Waals surface area contributed by atoms with E-state index in [4.69, 9.17) is 10.5 Å². The van der Waals surface area contributed by atoms with Crippen LogP contribution in [0.5, 0.6) is 0 Å². The van der Waals surface area contributed by atoms with Crippen LogP contribution >= 0.6 is 23.1 Å². The highest BCUT2D eigenvalue weighted by Crippen LogP contribution is 2.34. The summed E-state index contributed by atoms with van der Waals surface area (Å²) in [4.78, 5) is 36.4. The number of hydrogen-bond donors (Lipinski definition) is 2. The SMILES string of the molecule is COC(=O)c1c(NC(=O)CSc2nnc(C(C)C)n2C(C)C)sc(C(N)=O)c1C. The zero-order valence-corrected chi connectivity index (χ0v) is 18.9. The van der Waals surface area contributed by atoms with Gasteiger partial charge in [0, 0.05) is 12.0 Å². The van der Waals surface area contributed by atoms with Crippen molar-refractivity contribution in [1.29, 1.82) is 0 Å². The number of primary amides is 1. The number of nitrogens with zero attached hydrogens (tertiary/aromatic N) is 3. The van der Waals surface area contributed by atoms with Crippen molar-refractivity contribution < 1.29 is 19.1 Å². The molecule has 2 amide bonds. The fourth-order valence-corrected chi connectivity index (χ4v) is 4.68. The molecule has 0 atom stereocenters. The normalized spacial score (nSPS) is 11.2. The van der Waals surface area contributed by atoms with Crippen molar-refractivity contribution in [3.05, 3.63) is 21.8 Å². The summed E-state index contributed by atoms with van der Waals surface area (Å²) in [6.07, 6.45) is 0. The van der Waals surface area contributed by atoms with Gasteiger partial charge >= 0.3 is 5.97 Å². The number of carbonyl (C=O) groups is 3. The van der Waals surface area contributed by atoms with Gasteiger partial charge in [-0.25, -0.2) is 4.79 Å². The number of aromatic nitrogens is 3. The van der Waals surface area contributed by atoms with Gasteiger partial charge in [0.15, 0.2) is 5.16 Å². The van der Waals surface area contributed by atoms with Gasteiger partial charge in [0.1, 0.15) is 10.8 Å². The third kappa shape index (κ3) is 4.96. The van der Waals surface area contributed by atoms with Gasteiger partial charge in [0.05, 0.1) is 23.3 Å². The summed E-state index contributed by atoms with van der Waals surface area (Å²) >= 11 is 2.21. The van der Waals surface area contributed by atoms with Crippen LogP contribution in [-0.4, -0.2) is 45.4 Å². The third-order valence-electron chi connectivity index (χ3n) is 4.07. The molecule has 29 heavy (non-hydrogen) atoms. The fourth-order valence-electron chi connectivity index (χ4n) is 2.74. The Hall–Kier alpha value is -2.40. The van der Waals surface area contributed by atoms with Gasteiger partial charge in [-0.1, -0.05) is 25.6 Å². The average molecular weight is 440 g/mol. The van der Waals surface area contributed by atoms with Crippen molar-refractivity contribution in [2.45, 2.75) is 51.7 Å². The van der Waals surface area contributed by atoms with E-state index in [9.17, 15) is 14.4 Å². The first-order valence-corrected chi connectivity index (χ1v) is 10.8. The Kier molecular flexibility index (Phi) is 7.42. The minimum absolute atomic E-state index is 0.0619. The van der Waals surface area contributed by atoms with E-state index in [2.05, 4.69) is 15.5 Å². The number of ether oxygens (including phenoxy) is 1. The number of amides is 2. The van der Waals surface area contributed by atoms with E-state index in [0.29, 0.717) is 10.7 Å². The molecular formula is C18H25N5O4S2. The molecule has 0 radical (unpaired) electrons. The van der Waals surface area contributed by atoms with Crippen LogP contribution in [0.2, 0.25) is 0 Å². The minimum Gasteiger partial charge on any atom is -0.465 e. The molecule has 3 N–H and O–H groups in total. The van der Waals surface area contributed by atoms with Crippen molar-refractivity contribution in [1.82, 2.24) is 14.8 Å². The molecule has 0 aromatic carbocycles. The number of methoxy groups -OCH3 is 1. The summed E-state index contributed by atoms with van der Waals surface area (Å²) in [7, 11) is 1.23. The standard InChI is InChI=1S/C18H25N5O4S2/c1-8(2)15-21-22-18(23(15)9(3)4)28-7-11(24)20-16-12(17(26)27-6)10(5)13(29-16)14(19)25/h8-9H,7H2,1-6H3,(H2,19,25)(H,20,24). The highest BCUT2D eigenvalue weighted by molar-refractivity contribution is 7.99. The molecule has 2 heterocycles. The molecule has 11 heteroatoms. The first kappa shape index (κ1) is 22.9. The Bertz CT molecular complexity index is 933. The van der Waals surface area contributed by atoms with Gasteiger partial charge in [-0.2, -0.15) is 0 Å². The molecule has 158 valence electrons. The van der Waals surface area contributed by atoms with Gasteiger partial charge in [-0.3, -0.25) is 9.59 Å². The summed E-state index contributed by atoms with van der Waals surface area (Å²) in [6.45, 7) is 9.72. The van der Waals surface area contributed by atoms with E-state index in [-0.39, 0.29) is 39.1 Å². The number of thiophene rings is 1. The van der Waals surface area contributed by atoms with Gasteiger partial charge in [-0.05, 0) is 26.3 Å². The van der Waals surface area contributed by atoms with Gasteiger partial charge in [0.25, 0.3) is 5.91 Å². The lowest BCUT2D eigenvalue weighted by atomic mass is 10.1. The number of carbonyl (C=O) groups excluding carboxylic acids is 3. The van der Waals surface area contributed by atoms with Crippen LogP contribution in [0.4, 0.5) is 5.00 Å².